The first-order chi connectivity index (χ1) is 8.24. The second-order valence-electron chi connectivity index (χ2n) is 4.06. The molecule has 0 bridgehead atoms. The molecule has 1 aromatic carbocycles. The summed E-state index contributed by atoms with van der Waals surface area (Å²) in [6, 6.07) is 6.81. The van der Waals surface area contributed by atoms with Crippen LogP contribution >= 0.6 is 0 Å². The molecule has 1 aromatic heterocycles. The molecule has 0 radical (unpaired) electrons. The molecular weight excluding hydrogens is 214 g/mol. The van der Waals surface area contributed by atoms with Crippen LogP contribution in [0.4, 0.5) is 0 Å². The van der Waals surface area contributed by atoms with Crippen LogP contribution in [0.1, 0.15) is 36.5 Å². The SMILES string of the molecule is CCCCC(=O)c1ccc(O)c2ncccc12. The van der Waals surface area contributed by atoms with E-state index in [1.807, 2.05) is 6.07 Å². The lowest BCUT2D eigenvalue weighted by Crippen LogP contribution is -2.00. The first-order valence-corrected chi connectivity index (χ1v) is 5.84. The summed E-state index contributed by atoms with van der Waals surface area (Å²) in [6.07, 6.45) is 4.05. The van der Waals surface area contributed by atoms with Gasteiger partial charge in [0.2, 0.25) is 0 Å². The average Bonchev–Trinajstić information content (AvgIpc) is 2.37. The molecule has 3 heteroatoms. The number of benzene rings is 1. The largest absolute Gasteiger partial charge is 0.506 e. The van der Waals surface area contributed by atoms with Gasteiger partial charge in [0.25, 0.3) is 0 Å². The van der Waals surface area contributed by atoms with Gasteiger partial charge in [0, 0.05) is 23.6 Å². The highest BCUT2D eigenvalue weighted by Gasteiger charge is 2.12. The summed E-state index contributed by atoms with van der Waals surface area (Å²) in [5.41, 5.74) is 1.15. The Hall–Kier alpha value is -1.90. The first-order valence-electron chi connectivity index (χ1n) is 5.84. The third-order valence-corrected chi connectivity index (χ3v) is 2.81. The Bertz CT molecular complexity index is 549. The number of phenolic OH excluding ortho intramolecular Hbond substituents is 1. The number of hydrogen-bond donors (Lipinski definition) is 1. The van der Waals surface area contributed by atoms with E-state index in [2.05, 4.69) is 11.9 Å². The Balaban J connectivity index is 2.48. The number of hydrogen-bond acceptors (Lipinski definition) is 3. The van der Waals surface area contributed by atoms with E-state index in [0.29, 0.717) is 17.5 Å². The van der Waals surface area contributed by atoms with Crippen molar-refractivity contribution in [3.05, 3.63) is 36.0 Å². The maximum atomic E-state index is 12.0. The smallest absolute Gasteiger partial charge is 0.163 e. The summed E-state index contributed by atoms with van der Waals surface area (Å²) in [5, 5.41) is 10.4. The molecule has 2 aromatic rings. The minimum Gasteiger partial charge on any atom is -0.506 e. The van der Waals surface area contributed by atoms with E-state index < -0.39 is 0 Å². The van der Waals surface area contributed by atoms with Gasteiger partial charge in [0.05, 0.1) is 0 Å². The van der Waals surface area contributed by atoms with Crippen LogP contribution in [0.25, 0.3) is 10.9 Å². The van der Waals surface area contributed by atoms with E-state index >= 15 is 0 Å². The average molecular weight is 229 g/mol. The van der Waals surface area contributed by atoms with E-state index in [4.69, 9.17) is 0 Å². The topological polar surface area (TPSA) is 50.2 Å². The Labute approximate surface area is 100 Å². The molecular formula is C14H15NO2. The zero-order valence-corrected chi connectivity index (χ0v) is 9.81. The molecule has 0 spiro atoms. The number of pyridine rings is 1. The summed E-state index contributed by atoms with van der Waals surface area (Å²) in [6.45, 7) is 2.06. The van der Waals surface area contributed by atoms with Gasteiger partial charge in [-0.05, 0) is 24.6 Å². The predicted molar refractivity (Wildman–Crippen MR) is 67.3 cm³/mol. The van der Waals surface area contributed by atoms with Gasteiger partial charge in [-0.1, -0.05) is 19.4 Å². The maximum Gasteiger partial charge on any atom is 0.163 e. The fraction of sp³-hybridized carbons (Fsp3) is 0.286. The lowest BCUT2D eigenvalue weighted by molar-refractivity contribution is 0.0981. The lowest BCUT2D eigenvalue weighted by atomic mass is 10.0. The van der Waals surface area contributed by atoms with Crippen LogP contribution in [0.5, 0.6) is 5.75 Å². The molecule has 2 rings (SSSR count). The van der Waals surface area contributed by atoms with Gasteiger partial charge in [0.1, 0.15) is 11.3 Å². The van der Waals surface area contributed by atoms with Crippen LogP contribution in [0, 0.1) is 0 Å². The van der Waals surface area contributed by atoms with Crippen LogP contribution in [-0.4, -0.2) is 15.9 Å². The Morgan fingerprint density at radius 1 is 1.35 bits per heavy atom. The maximum absolute atomic E-state index is 12.0. The summed E-state index contributed by atoms with van der Waals surface area (Å²) in [4.78, 5) is 16.1. The molecule has 0 aliphatic heterocycles. The van der Waals surface area contributed by atoms with Crippen LogP contribution in [0.3, 0.4) is 0 Å². The Morgan fingerprint density at radius 2 is 2.18 bits per heavy atom. The third-order valence-electron chi connectivity index (χ3n) is 2.81. The minimum absolute atomic E-state index is 0.116. The number of carbonyl (C=O) groups is 1. The van der Waals surface area contributed by atoms with Gasteiger partial charge in [-0.15, -0.1) is 0 Å². The Kier molecular flexibility index (Phi) is 3.38. The van der Waals surface area contributed by atoms with Crippen molar-refractivity contribution in [2.24, 2.45) is 0 Å². The zero-order valence-electron chi connectivity index (χ0n) is 9.81. The van der Waals surface area contributed by atoms with Crippen molar-refractivity contribution in [2.75, 3.05) is 0 Å². The molecule has 0 unspecified atom stereocenters. The van der Waals surface area contributed by atoms with Crippen molar-refractivity contribution < 1.29 is 9.90 Å². The van der Waals surface area contributed by atoms with Gasteiger partial charge in [-0.25, -0.2) is 0 Å². The van der Waals surface area contributed by atoms with E-state index in [-0.39, 0.29) is 11.5 Å². The zero-order chi connectivity index (χ0) is 12.3. The van der Waals surface area contributed by atoms with E-state index in [9.17, 15) is 9.90 Å². The van der Waals surface area contributed by atoms with Gasteiger partial charge < -0.3 is 5.11 Å². The molecule has 0 aliphatic rings. The van der Waals surface area contributed by atoms with Crippen molar-refractivity contribution in [3.63, 3.8) is 0 Å². The highest BCUT2D eigenvalue weighted by Crippen LogP contribution is 2.26. The Morgan fingerprint density at radius 3 is 2.94 bits per heavy atom. The van der Waals surface area contributed by atoms with Crippen LogP contribution in [0.2, 0.25) is 0 Å². The standard InChI is InChI=1S/C14H15NO2/c1-2-3-6-12(16)10-7-8-13(17)14-11(10)5-4-9-15-14/h4-5,7-9,17H,2-3,6H2,1H3. The summed E-state index contributed by atoms with van der Waals surface area (Å²) < 4.78 is 0. The first kappa shape index (κ1) is 11.6. The molecule has 3 nitrogen and oxygen atoms in total. The number of nitrogens with zero attached hydrogens (tertiary/aromatic N) is 1. The van der Waals surface area contributed by atoms with Crippen molar-refractivity contribution in [2.45, 2.75) is 26.2 Å². The molecule has 88 valence electrons. The molecule has 0 aliphatic carbocycles. The number of unbranched alkanes of at least 4 members (excludes halogenated alkanes) is 1. The fourth-order valence-corrected chi connectivity index (χ4v) is 1.87. The number of rotatable bonds is 4. The number of ketones is 1. The minimum atomic E-state index is 0.116. The summed E-state index contributed by atoms with van der Waals surface area (Å²) >= 11 is 0. The molecule has 0 atom stereocenters. The number of Topliss-reactive ketones (excluding diaryl/α,β-unsaturated/α-hetero) is 1. The van der Waals surface area contributed by atoms with Crippen molar-refractivity contribution in [1.29, 1.82) is 0 Å². The van der Waals surface area contributed by atoms with Crippen LogP contribution in [-0.2, 0) is 0 Å². The highest BCUT2D eigenvalue weighted by molar-refractivity contribution is 6.08. The van der Waals surface area contributed by atoms with Gasteiger partial charge in [-0.2, -0.15) is 0 Å². The third kappa shape index (κ3) is 2.28. The summed E-state index contributed by atoms with van der Waals surface area (Å²) in [7, 11) is 0. The van der Waals surface area contributed by atoms with E-state index in [1.54, 1.807) is 18.3 Å². The lowest BCUT2D eigenvalue weighted by Gasteiger charge is -2.06. The molecule has 0 saturated carbocycles. The number of aromatic hydroxyl groups is 1. The highest BCUT2D eigenvalue weighted by atomic mass is 16.3. The number of carbonyl (C=O) groups excluding carboxylic acids is 1. The molecule has 1 N–H and O–H groups in total. The van der Waals surface area contributed by atoms with Crippen molar-refractivity contribution in [3.8, 4) is 5.75 Å². The molecule has 1 heterocycles. The molecule has 0 fully saturated rings. The van der Waals surface area contributed by atoms with Crippen molar-refractivity contribution in [1.82, 2.24) is 4.98 Å². The second kappa shape index (κ2) is 4.95. The van der Waals surface area contributed by atoms with Crippen LogP contribution in [0.15, 0.2) is 30.5 Å². The number of aromatic nitrogens is 1. The second-order valence-corrected chi connectivity index (χ2v) is 4.06. The normalized spacial score (nSPS) is 10.6. The molecule has 17 heavy (non-hydrogen) atoms. The van der Waals surface area contributed by atoms with Gasteiger partial charge >= 0.3 is 0 Å². The van der Waals surface area contributed by atoms with Gasteiger partial charge in [-0.3, -0.25) is 9.78 Å². The van der Waals surface area contributed by atoms with E-state index in [1.165, 1.54) is 6.07 Å². The predicted octanol–water partition coefficient (Wildman–Crippen LogP) is 3.31. The quantitative estimate of drug-likeness (QED) is 0.818. The number of fused-ring (bicyclic) bond motifs is 1. The fourth-order valence-electron chi connectivity index (χ4n) is 1.87. The molecule has 0 amide bonds. The van der Waals surface area contributed by atoms with Crippen molar-refractivity contribution >= 4 is 16.7 Å². The number of phenols is 1. The summed E-state index contributed by atoms with van der Waals surface area (Å²) in [5.74, 6) is 0.234. The van der Waals surface area contributed by atoms with Gasteiger partial charge in [0.15, 0.2) is 5.78 Å². The molecule has 0 saturated heterocycles. The van der Waals surface area contributed by atoms with Crippen LogP contribution < -0.4 is 0 Å². The monoisotopic (exact) mass is 229 g/mol. The van der Waals surface area contributed by atoms with E-state index in [0.717, 1.165) is 18.2 Å².